The number of aromatic nitrogens is 4. The monoisotopic (exact) mass is 293 g/mol. The zero-order chi connectivity index (χ0) is 14.2. The quantitative estimate of drug-likeness (QED) is 0.904. The first kappa shape index (κ1) is 13.2. The van der Waals surface area contributed by atoms with E-state index in [1.54, 1.807) is 23.9 Å². The number of pyridine rings is 1. The van der Waals surface area contributed by atoms with Crippen LogP contribution in [0.1, 0.15) is 30.5 Å². The van der Waals surface area contributed by atoms with Gasteiger partial charge in [-0.05, 0) is 31.9 Å². The second-order valence-corrected chi connectivity index (χ2v) is 6.46. The zero-order valence-electron chi connectivity index (χ0n) is 11.0. The Morgan fingerprint density at radius 2 is 2.30 bits per heavy atom. The van der Waals surface area contributed by atoms with E-state index < -0.39 is 10.0 Å². The maximum atomic E-state index is 12.3. The van der Waals surface area contributed by atoms with Crippen LogP contribution >= 0.6 is 0 Å². The molecule has 1 aliphatic heterocycles. The Bertz CT molecular complexity index is 711. The van der Waals surface area contributed by atoms with Gasteiger partial charge in [0.15, 0.2) is 0 Å². The average Bonchev–Trinajstić information content (AvgIpc) is 2.81. The average molecular weight is 293 g/mol. The van der Waals surface area contributed by atoms with E-state index in [1.807, 2.05) is 0 Å². The predicted molar refractivity (Wildman–Crippen MR) is 71.3 cm³/mol. The van der Waals surface area contributed by atoms with Crippen molar-refractivity contribution in [3.05, 3.63) is 36.2 Å². The number of fused-ring (bicyclic) bond motifs is 1. The number of hydrogen-bond donors (Lipinski definition) is 1. The summed E-state index contributed by atoms with van der Waals surface area (Å²) in [6, 6.07) is 2.78. The molecule has 8 heteroatoms. The number of sulfonamides is 1. The zero-order valence-corrected chi connectivity index (χ0v) is 11.8. The van der Waals surface area contributed by atoms with E-state index in [0.717, 1.165) is 19.4 Å². The van der Waals surface area contributed by atoms with Crippen LogP contribution in [0.2, 0.25) is 0 Å². The topological polar surface area (TPSA) is 89.8 Å². The summed E-state index contributed by atoms with van der Waals surface area (Å²) >= 11 is 0. The van der Waals surface area contributed by atoms with Gasteiger partial charge in [0.25, 0.3) is 0 Å². The van der Waals surface area contributed by atoms with Crippen LogP contribution in [0.25, 0.3) is 0 Å². The van der Waals surface area contributed by atoms with E-state index in [4.69, 9.17) is 0 Å². The fourth-order valence-electron chi connectivity index (χ4n) is 2.34. The summed E-state index contributed by atoms with van der Waals surface area (Å²) in [5, 5.41) is 4.26. The SMILES string of the molecule is Cc1nc2n(n1)CCCC2NS(=O)(=O)c1cccnc1. The van der Waals surface area contributed by atoms with E-state index in [2.05, 4.69) is 19.8 Å². The van der Waals surface area contributed by atoms with Crippen LogP contribution < -0.4 is 4.72 Å². The summed E-state index contributed by atoms with van der Waals surface area (Å²) in [4.78, 5) is 8.32. The van der Waals surface area contributed by atoms with Crippen LogP contribution in [0.4, 0.5) is 0 Å². The van der Waals surface area contributed by atoms with E-state index in [-0.39, 0.29) is 10.9 Å². The maximum absolute atomic E-state index is 12.3. The normalized spacial score (nSPS) is 18.8. The lowest BCUT2D eigenvalue weighted by molar-refractivity contribution is 0.399. The lowest BCUT2D eigenvalue weighted by Crippen LogP contribution is -2.33. The Balaban J connectivity index is 1.89. The molecule has 7 nitrogen and oxygen atoms in total. The van der Waals surface area contributed by atoms with Gasteiger partial charge in [-0.15, -0.1) is 0 Å². The fraction of sp³-hybridized carbons (Fsp3) is 0.417. The molecule has 2 aromatic rings. The molecule has 1 N–H and O–H groups in total. The van der Waals surface area contributed by atoms with Gasteiger partial charge in [0.1, 0.15) is 16.5 Å². The van der Waals surface area contributed by atoms with E-state index in [9.17, 15) is 8.42 Å². The molecule has 0 bridgehead atoms. The summed E-state index contributed by atoms with van der Waals surface area (Å²) in [6.45, 7) is 2.58. The lowest BCUT2D eigenvalue weighted by Gasteiger charge is -2.22. The molecule has 0 fully saturated rings. The molecule has 2 aromatic heterocycles. The highest BCUT2D eigenvalue weighted by Crippen LogP contribution is 2.24. The van der Waals surface area contributed by atoms with Gasteiger partial charge in [-0.2, -0.15) is 5.10 Å². The Kier molecular flexibility index (Phi) is 3.27. The van der Waals surface area contributed by atoms with Crippen molar-refractivity contribution in [1.29, 1.82) is 0 Å². The van der Waals surface area contributed by atoms with Crippen molar-refractivity contribution in [2.24, 2.45) is 0 Å². The first-order valence-electron chi connectivity index (χ1n) is 6.40. The van der Waals surface area contributed by atoms with E-state index >= 15 is 0 Å². The van der Waals surface area contributed by atoms with Crippen LogP contribution in [-0.4, -0.2) is 28.2 Å². The molecule has 1 atom stereocenters. The molecule has 0 spiro atoms. The minimum absolute atomic E-state index is 0.161. The largest absolute Gasteiger partial charge is 0.263 e. The van der Waals surface area contributed by atoms with Crippen molar-refractivity contribution >= 4 is 10.0 Å². The van der Waals surface area contributed by atoms with Crippen molar-refractivity contribution in [2.45, 2.75) is 37.2 Å². The highest BCUT2D eigenvalue weighted by molar-refractivity contribution is 7.89. The molecule has 0 aromatic carbocycles. The van der Waals surface area contributed by atoms with Crippen molar-refractivity contribution < 1.29 is 8.42 Å². The lowest BCUT2D eigenvalue weighted by atomic mass is 10.1. The van der Waals surface area contributed by atoms with Crippen LogP contribution in [0, 0.1) is 6.92 Å². The summed E-state index contributed by atoms with van der Waals surface area (Å²) in [5.74, 6) is 1.34. The Morgan fingerprint density at radius 1 is 1.45 bits per heavy atom. The third kappa shape index (κ3) is 2.44. The predicted octanol–water partition coefficient (Wildman–Crippen LogP) is 0.795. The van der Waals surface area contributed by atoms with E-state index in [1.165, 1.54) is 12.3 Å². The minimum Gasteiger partial charge on any atom is -0.263 e. The number of hydrogen-bond acceptors (Lipinski definition) is 5. The van der Waals surface area contributed by atoms with Crippen LogP contribution in [0.5, 0.6) is 0 Å². The van der Waals surface area contributed by atoms with Gasteiger partial charge in [-0.1, -0.05) is 0 Å². The first-order chi connectivity index (χ1) is 9.56. The molecular formula is C12H15N5O2S. The van der Waals surface area contributed by atoms with E-state index in [0.29, 0.717) is 11.6 Å². The maximum Gasteiger partial charge on any atom is 0.242 e. The van der Waals surface area contributed by atoms with Gasteiger partial charge in [-0.25, -0.2) is 22.8 Å². The molecule has 0 aliphatic carbocycles. The van der Waals surface area contributed by atoms with Gasteiger partial charge in [0.05, 0.1) is 6.04 Å². The number of nitrogens with one attached hydrogen (secondary N) is 1. The van der Waals surface area contributed by atoms with Crippen LogP contribution in [0.15, 0.2) is 29.4 Å². The molecule has 3 rings (SSSR count). The molecular weight excluding hydrogens is 278 g/mol. The Morgan fingerprint density at radius 3 is 3.05 bits per heavy atom. The smallest absolute Gasteiger partial charge is 0.242 e. The Labute approximate surface area is 117 Å². The van der Waals surface area contributed by atoms with Crippen molar-refractivity contribution in [3.8, 4) is 0 Å². The van der Waals surface area contributed by atoms with Crippen molar-refractivity contribution in [1.82, 2.24) is 24.5 Å². The molecule has 0 saturated carbocycles. The van der Waals surface area contributed by atoms with Gasteiger partial charge in [0, 0.05) is 18.9 Å². The highest BCUT2D eigenvalue weighted by Gasteiger charge is 2.28. The number of nitrogens with zero attached hydrogens (tertiary/aromatic N) is 4. The number of aryl methyl sites for hydroxylation is 2. The van der Waals surface area contributed by atoms with Crippen molar-refractivity contribution in [2.75, 3.05) is 0 Å². The highest BCUT2D eigenvalue weighted by atomic mass is 32.2. The summed E-state index contributed by atoms with van der Waals surface area (Å²) in [7, 11) is -3.59. The standard InChI is InChI=1S/C12H15N5O2S/c1-9-14-12-11(5-3-7-17(12)15-9)16-20(18,19)10-4-2-6-13-8-10/h2,4,6,8,11,16H,3,5,7H2,1H3. The molecule has 1 unspecified atom stereocenters. The van der Waals surface area contributed by atoms with Crippen LogP contribution in [0.3, 0.4) is 0 Å². The fourth-order valence-corrected chi connectivity index (χ4v) is 3.53. The summed E-state index contributed by atoms with van der Waals surface area (Å²) < 4.78 is 29.1. The third-order valence-electron chi connectivity index (χ3n) is 3.22. The van der Waals surface area contributed by atoms with Gasteiger partial charge in [-0.3, -0.25) is 4.98 Å². The molecule has 1 aliphatic rings. The molecule has 0 radical (unpaired) electrons. The molecule has 3 heterocycles. The van der Waals surface area contributed by atoms with Crippen molar-refractivity contribution in [3.63, 3.8) is 0 Å². The van der Waals surface area contributed by atoms with Gasteiger partial charge >= 0.3 is 0 Å². The Hall–Kier alpha value is -1.80. The third-order valence-corrected chi connectivity index (χ3v) is 4.68. The molecule has 0 saturated heterocycles. The second-order valence-electron chi connectivity index (χ2n) is 4.75. The first-order valence-corrected chi connectivity index (χ1v) is 7.88. The second kappa shape index (κ2) is 4.95. The van der Waals surface area contributed by atoms with Gasteiger partial charge < -0.3 is 0 Å². The molecule has 0 amide bonds. The van der Waals surface area contributed by atoms with Crippen LogP contribution in [-0.2, 0) is 16.6 Å². The number of rotatable bonds is 3. The van der Waals surface area contributed by atoms with Gasteiger partial charge in [0.2, 0.25) is 10.0 Å². The molecule has 106 valence electrons. The molecule has 20 heavy (non-hydrogen) atoms. The summed E-state index contributed by atoms with van der Waals surface area (Å²) in [6.07, 6.45) is 4.47. The minimum atomic E-state index is -3.59. The summed E-state index contributed by atoms with van der Waals surface area (Å²) in [5.41, 5.74) is 0.